The van der Waals surface area contributed by atoms with E-state index < -0.39 is 17.2 Å². The van der Waals surface area contributed by atoms with Gasteiger partial charge in [-0.1, -0.05) is 0 Å². The van der Waals surface area contributed by atoms with Gasteiger partial charge < -0.3 is 25.4 Å². The number of carbonyl (C=O) groups is 3. The molecule has 4 bridgehead atoms. The lowest BCUT2D eigenvalue weighted by Gasteiger charge is -2.58. The normalized spacial score (nSPS) is 39.7. The molecule has 0 aromatic carbocycles. The number of hydrogen-bond acceptors (Lipinski definition) is 5. The zero-order valence-corrected chi connectivity index (χ0v) is 18.5. The van der Waals surface area contributed by atoms with Crippen molar-refractivity contribution < 1.29 is 23.9 Å². The predicted molar refractivity (Wildman–Crippen MR) is 109 cm³/mol. The maximum absolute atomic E-state index is 12.9. The number of rotatable bonds is 3. The number of primary amides is 1. The zero-order chi connectivity index (χ0) is 21.9. The highest BCUT2D eigenvalue weighted by molar-refractivity contribution is 5.81. The second kappa shape index (κ2) is 7.02. The molecule has 4 saturated carbocycles. The topological polar surface area (TPSA) is 111 Å². The van der Waals surface area contributed by atoms with Gasteiger partial charge in [-0.3, -0.25) is 4.79 Å². The van der Waals surface area contributed by atoms with Crippen LogP contribution in [-0.2, 0) is 14.3 Å². The number of nitrogens with two attached hydrogens (primary N) is 1. The Bertz CT molecular complexity index is 732. The van der Waals surface area contributed by atoms with Gasteiger partial charge >= 0.3 is 12.2 Å². The molecule has 1 saturated heterocycles. The highest BCUT2D eigenvalue weighted by atomic mass is 16.6. The molecule has 0 aromatic rings. The van der Waals surface area contributed by atoms with Gasteiger partial charge in [0.25, 0.3) is 0 Å². The van der Waals surface area contributed by atoms with E-state index in [0.29, 0.717) is 25.4 Å². The Morgan fingerprint density at radius 3 is 2.30 bits per heavy atom. The van der Waals surface area contributed by atoms with Crippen LogP contribution < -0.4 is 11.1 Å². The molecule has 30 heavy (non-hydrogen) atoms. The Hall–Kier alpha value is -1.99. The van der Waals surface area contributed by atoms with Crippen LogP contribution in [0.5, 0.6) is 0 Å². The van der Waals surface area contributed by atoms with Crippen molar-refractivity contribution in [1.82, 2.24) is 10.2 Å². The van der Waals surface area contributed by atoms with Crippen LogP contribution in [0.4, 0.5) is 9.59 Å². The first-order chi connectivity index (χ1) is 13.9. The minimum atomic E-state index is -0.570. The number of hydrogen-bond donors (Lipinski definition) is 2. The molecule has 168 valence electrons. The molecule has 5 fully saturated rings. The van der Waals surface area contributed by atoms with Crippen molar-refractivity contribution in [3.05, 3.63) is 0 Å². The molecular weight excluding hydrogens is 386 g/mol. The SMILES string of the molecule is CC1(NC(=O)OC(C)(C)C)CCN(C(=O)OC2[C@@H]3CC4C[C@H]2CC(C(N)=O)(C4)C3)C1. The summed E-state index contributed by atoms with van der Waals surface area (Å²) in [5.41, 5.74) is 4.25. The molecule has 8 heteroatoms. The molecule has 4 aliphatic carbocycles. The van der Waals surface area contributed by atoms with E-state index in [1.165, 1.54) is 0 Å². The van der Waals surface area contributed by atoms with Crippen molar-refractivity contribution in [2.24, 2.45) is 28.9 Å². The van der Waals surface area contributed by atoms with Crippen molar-refractivity contribution in [1.29, 1.82) is 0 Å². The summed E-state index contributed by atoms with van der Waals surface area (Å²) in [5, 5.41) is 2.91. The summed E-state index contributed by atoms with van der Waals surface area (Å²) in [4.78, 5) is 38.9. The van der Waals surface area contributed by atoms with E-state index in [2.05, 4.69) is 5.32 Å². The van der Waals surface area contributed by atoms with E-state index in [-0.39, 0.29) is 35.4 Å². The summed E-state index contributed by atoms with van der Waals surface area (Å²) in [6.45, 7) is 8.30. The lowest BCUT2D eigenvalue weighted by molar-refractivity contribution is -0.161. The fourth-order valence-electron chi connectivity index (χ4n) is 6.43. The van der Waals surface area contributed by atoms with Gasteiger partial charge in [-0.15, -0.1) is 0 Å². The molecule has 3 amide bonds. The van der Waals surface area contributed by atoms with Gasteiger partial charge in [0, 0.05) is 13.1 Å². The Balaban J connectivity index is 1.34. The number of alkyl carbamates (subject to hydrolysis) is 1. The molecule has 3 N–H and O–H groups in total. The number of nitrogens with one attached hydrogen (secondary N) is 1. The number of ether oxygens (including phenoxy) is 2. The summed E-state index contributed by atoms with van der Waals surface area (Å²) in [6.07, 6.45) is 4.13. The lowest BCUT2D eigenvalue weighted by atomic mass is 9.48. The molecular formula is C22H35N3O5. The van der Waals surface area contributed by atoms with E-state index >= 15 is 0 Å². The highest BCUT2D eigenvalue weighted by Gasteiger charge is 2.59. The largest absolute Gasteiger partial charge is 0.446 e. The Labute approximate surface area is 178 Å². The molecule has 5 rings (SSSR count). The molecule has 0 radical (unpaired) electrons. The van der Waals surface area contributed by atoms with Crippen molar-refractivity contribution in [2.75, 3.05) is 13.1 Å². The van der Waals surface area contributed by atoms with Crippen LogP contribution in [0.3, 0.4) is 0 Å². The predicted octanol–water partition coefficient (Wildman–Crippen LogP) is 2.79. The van der Waals surface area contributed by atoms with E-state index in [1.54, 1.807) is 4.90 Å². The molecule has 1 heterocycles. The number of likely N-dealkylation sites (tertiary alicyclic amines) is 1. The van der Waals surface area contributed by atoms with Gasteiger partial charge in [0.15, 0.2) is 0 Å². The highest BCUT2D eigenvalue weighted by Crippen LogP contribution is 2.60. The zero-order valence-electron chi connectivity index (χ0n) is 18.5. The van der Waals surface area contributed by atoms with E-state index in [0.717, 1.165) is 32.1 Å². The number of amides is 3. The minimum Gasteiger partial charge on any atom is -0.446 e. The number of nitrogens with zero attached hydrogens (tertiary/aromatic N) is 1. The first kappa shape index (κ1) is 21.2. The minimum absolute atomic E-state index is 0.132. The van der Waals surface area contributed by atoms with Gasteiger partial charge in [-0.05, 0) is 84.0 Å². The van der Waals surface area contributed by atoms with Gasteiger partial charge in [-0.25, -0.2) is 9.59 Å². The molecule has 8 nitrogen and oxygen atoms in total. The molecule has 4 unspecified atom stereocenters. The molecule has 5 aliphatic rings. The van der Waals surface area contributed by atoms with E-state index in [1.807, 2.05) is 27.7 Å². The van der Waals surface area contributed by atoms with Gasteiger partial charge in [0.05, 0.1) is 11.0 Å². The van der Waals surface area contributed by atoms with Crippen LogP contribution in [0.2, 0.25) is 0 Å². The summed E-state index contributed by atoms with van der Waals surface area (Å²) in [5.74, 6) is 0.788. The van der Waals surface area contributed by atoms with Crippen LogP contribution >= 0.6 is 0 Å². The Morgan fingerprint density at radius 1 is 1.10 bits per heavy atom. The van der Waals surface area contributed by atoms with Crippen molar-refractivity contribution in [3.63, 3.8) is 0 Å². The molecule has 6 atom stereocenters. The fraction of sp³-hybridized carbons (Fsp3) is 0.864. The van der Waals surface area contributed by atoms with E-state index in [9.17, 15) is 14.4 Å². The first-order valence-corrected chi connectivity index (χ1v) is 11.1. The second-order valence-electron chi connectivity index (χ2n) is 11.3. The standard InChI is InChI=1S/C22H35N3O5/c1-20(2,3)30-18(27)24-21(4)5-6-25(12-21)19(28)29-16-14-7-13-8-15(16)11-22(9-13,10-14)17(23)26/h13-16H,5-12H2,1-4H3,(H2,23,26)(H,24,27)/t13?,14-,15+,16?,21?,22?. The van der Waals surface area contributed by atoms with Crippen LogP contribution in [0.15, 0.2) is 0 Å². The third-order valence-corrected chi connectivity index (χ3v) is 7.48. The van der Waals surface area contributed by atoms with E-state index in [4.69, 9.17) is 15.2 Å². The monoisotopic (exact) mass is 421 g/mol. The summed E-state index contributed by atoms with van der Waals surface area (Å²) in [6, 6.07) is 0. The lowest BCUT2D eigenvalue weighted by Crippen LogP contribution is -2.59. The summed E-state index contributed by atoms with van der Waals surface area (Å²) < 4.78 is 11.4. The third kappa shape index (κ3) is 3.97. The van der Waals surface area contributed by atoms with Gasteiger partial charge in [0.1, 0.15) is 11.7 Å². The molecule has 0 spiro atoms. The first-order valence-electron chi connectivity index (χ1n) is 11.1. The smallest absolute Gasteiger partial charge is 0.410 e. The number of carbonyl (C=O) groups excluding carboxylic acids is 3. The van der Waals surface area contributed by atoms with Crippen molar-refractivity contribution in [3.8, 4) is 0 Å². The molecule has 0 aromatic heterocycles. The quantitative estimate of drug-likeness (QED) is 0.728. The Kier molecular flexibility index (Phi) is 4.97. The second-order valence-corrected chi connectivity index (χ2v) is 11.3. The van der Waals surface area contributed by atoms with Crippen LogP contribution in [0.25, 0.3) is 0 Å². The molecule has 1 aliphatic heterocycles. The van der Waals surface area contributed by atoms with Crippen molar-refractivity contribution >= 4 is 18.1 Å². The average molecular weight is 422 g/mol. The maximum Gasteiger partial charge on any atom is 0.410 e. The summed E-state index contributed by atoms with van der Waals surface area (Å²) in [7, 11) is 0. The van der Waals surface area contributed by atoms with Crippen LogP contribution in [0, 0.1) is 23.2 Å². The maximum atomic E-state index is 12.9. The van der Waals surface area contributed by atoms with Gasteiger partial charge in [0.2, 0.25) is 5.91 Å². The third-order valence-electron chi connectivity index (χ3n) is 7.48. The van der Waals surface area contributed by atoms with Crippen LogP contribution in [0.1, 0.15) is 66.2 Å². The van der Waals surface area contributed by atoms with Crippen LogP contribution in [-0.4, -0.2) is 53.3 Å². The average Bonchev–Trinajstić information content (AvgIpc) is 2.97. The van der Waals surface area contributed by atoms with Crippen molar-refractivity contribution in [2.45, 2.75) is 83.5 Å². The fourth-order valence-corrected chi connectivity index (χ4v) is 6.43. The Morgan fingerprint density at radius 2 is 1.73 bits per heavy atom. The van der Waals surface area contributed by atoms with Gasteiger partial charge in [-0.2, -0.15) is 0 Å². The summed E-state index contributed by atoms with van der Waals surface area (Å²) >= 11 is 0.